The monoisotopic (exact) mass is 407 g/mol. The molecule has 2 N–H and O–H groups in total. The van der Waals surface area contributed by atoms with Gasteiger partial charge >= 0.3 is 0 Å². The average molecular weight is 408 g/mol. The Labute approximate surface area is 174 Å². The molecule has 0 saturated carbocycles. The Morgan fingerprint density at radius 2 is 1.62 bits per heavy atom. The number of benzene rings is 2. The van der Waals surface area contributed by atoms with Crippen molar-refractivity contribution in [3.8, 4) is 0 Å². The van der Waals surface area contributed by atoms with Crippen molar-refractivity contribution < 1.29 is 0 Å². The highest BCUT2D eigenvalue weighted by Crippen LogP contribution is 2.21. The molecule has 0 spiro atoms. The van der Waals surface area contributed by atoms with Gasteiger partial charge in [0.05, 0.1) is 5.71 Å². The van der Waals surface area contributed by atoms with Crippen LogP contribution >= 0.6 is 11.6 Å². The zero-order chi connectivity index (χ0) is 20.1. The molecule has 0 amide bonds. The van der Waals surface area contributed by atoms with Crippen molar-refractivity contribution in [3.05, 3.63) is 65.2 Å². The minimum atomic E-state index is 0.397. The quantitative estimate of drug-likeness (QED) is 0.455. The smallest absolute Gasteiger partial charge is 0.250 e. The molecule has 1 saturated heterocycles. The molecule has 3 aromatic rings. The minimum Gasteiger partial charge on any atom is -0.341 e. The molecule has 0 bridgehead atoms. The number of hydrogen-bond acceptors (Lipinski definition) is 7. The molecule has 0 atom stereocenters. The lowest BCUT2D eigenvalue weighted by Crippen LogP contribution is -2.22. The van der Waals surface area contributed by atoms with Crippen LogP contribution in [0.15, 0.2) is 59.7 Å². The second kappa shape index (κ2) is 8.87. The van der Waals surface area contributed by atoms with E-state index in [0.717, 1.165) is 42.9 Å². The summed E-state index contributed by atoms with van der Waals surface area (Å²) in [5.74, 6) is 1.53. The Bertz CT molecular complexity index is 984. The summed E-state index contributed by atoms with van der Waals surface area (Å²) in [6.45, 7) is 3.81. The average Bonchev–Trinajstić information content (AvgIpc) is 3.28. The van der Waals surface area contributed by atoms with Crippen LogP contribution in [0.1, 0.15) is 25.3 Å². The summed E-state index contributed by atoms with van der Waals surface area (Å²) in [5, 5.41) is 8.37. The lowest BCUT2D eigenvalue weighted by Gasteiger charge is -2.16. The summed E-state index contributed by atoms with van der Waals surface area (Å²) >= 11 is 5.96. The van der Waals surface area contributed by atoms with Crippen LogP contribution in [0.3, 0.4) is 0 Å². The molecule has 1 aliphatic heterocycles. The maximum absolute atomic E-state index is 5.96. The Morgan fingerprint density at radius 3 is 2.34 bits per heavy atom. The third-order valence-corrected chi connectivity index (χ3v) is 4.88. The first-order valence-corrected chi connectivity index (χ1v) is 9.94. The molecule has 0 aliphatic carbocycles. The summed E-state index contributed by atoms with van der Waals surface area (Å²) in [5.41, 5.74) is 5.67. The van der Waals surface area contributed by atoms with Gasteiger partial charge in [-0.3, -0.25) is 0 Å². The first-order chi connectivity index (χ1) is 14.2. The molecule has 29 heavy (non-hydrogen) atoms. The van der Waals surface area contributed by atoms with Crippen LogP contribution in [-0.4, -0.2) is 33.8 Å². The third-order valence-electron chi connectivity index (χ3n) is 4.63. The van der Waals surface area contributed by atoms with Crippen molar-refractivity contribution in [2.75, 3.05) is 28.7 Å². The van der Waals surface area contributed by atoms with E-state index >= 15 is 0 Å². The van der Waals surface area contributed by atoms with Crippen molar-refractivity contribution in [3.63, 3.8) is 0 Å². The molecule has 8 heteroatoms. The Balaban J connectivity index is 1.59. The Hall–Kier alpha value is -3.19. The number of halogens is 1. The second-order valence-corrected chi connectivity index (χ2v) is 7.22. The number of anilines is 4. The van der Waals surface area contributed by atoms with E-state index in [0.29, 0.717) is 22.9 Å². The first kappa shape index (κ1) is 19.1. The number of para-hydroxylation sites is 1. The van der Waals surface area contributed by atoms with E-state index in [4.69, 9.17) is 11.6 Å². The lowest BCUT2D eigenvalue weighted by atomic mass is 10.1. The van der Waals surface area contributed by atoms with Gasteiger partial charge in [-0.1, -0.05) is 41.9 Å². The van der Waals surface area contributed by atoms with Gasteiger partial charge in [-0.25, -0.2) is 5.43 Å². The van der Waals surface area contributed by atoms with Crippen molar-refractivity contribution in [2.24, 2.45) is 5.10 Å². The normalized spacial score (nSPS) is 14.1. The maximum atomic E-state index is 5.96. The van der Waals surface area contributed by atoms with Crippen LogP contribution in [0.25, 0.3) is 0 Å². The number of nitrogens with zero attached hydrogens (tertiary/aromatic N) is 5. The number of rotatable bonds is 6. The summed E-state index contributed by atoms with van der Waals surface area (Å²) in [6, 6.07) is 17.4. The van der Waals surface area contributed by atoms with Crippen LogP contribution < -0.4 is 15.6 Å². The molecule has 2 aromatic carbocycles. The predicted octanol–water partition coefficient (Wildman–Crippen LogP) is 4.70. The number of nitrogens with one attached hydrogen (secondary N) is 2. The van der Waals surface area contributed by atoms with Gasteiger partial charge in [-0.2, -0.15) is 20.1 Å². The number of hydrazone groups is 1. The Kier molecular flexibility index (Phi) is 5.86. The molecule has 1 aromatic heterocycles. The highest BCUT2D eigenvalue weighted by molar-refractivity contribution is 6.30. The molecular formula is C21H22ClN7. The van der Waals surface area contributed by atoms with Gasteiger partial charge in [0.1, 0.15) is 0 Å². The van der Waals surface area contributed by atoms with Crippen LogP contribution in [0.2, 0.25) is 5.02 Å². The van der Waals surface area contributed by atoms with Crippen molar-refractivity contribution in [1.29, 1.82) is 0 Å². The van der Waals surface area contributed by atoms with Crippen molar-refractivity contribution >= 4 is 40.8 Å². The van der Waals surface area contributed by atoms with Crippen LogP contribution in [0.4, 0.5) is 23.5 Å². The lowest BCUT2D eigenvalue weighted by molar-refractivity contribution is 0.882. The molecule has 7 nitrogen and oxygen atoms in total. The summed E-state index contributed by atoms with van der Waals surface area (Å²) < 4.78 is 0. The number of aromatic nitrogens is 3. The standard InChI is InChI=1S/C21H22ClN7/c1-15(16-9-11-17(22)12-10-16)27-28-20-24-19(23-18-7-3-2-4-8-18)25-21(26-20)29-13-5-6-14-29/h2-4,7-12H,5-6,13-14H2,1H3,(H2,23,24,25,26,28)/b27-15+. The fourth-order valence-electron chi connectivity index (χ4n) is 3.07. The summed E-state index contributed by atoms with van der Waals surface area (Å²) in [6.07, 6.45) is 2.29. The fraction of sp³-hybridized carbons (Fsp3) is 0.238. The van der Waals surface area contributed by atoms with E-state index in [1.54, 1.807) is 0 Å². The number of hydrogen-bond donors (Lipinski definition) is 2. The van der Waals surface area contributed by atoms with Gasteiger partial charge in [-0.05, 0) is 49.6 Å². The second-order valence-electron chi connectivity index (χ2n) is 6.78. The van der Waals surface area contributed by atoms with Crippen LogP contribution in [0, 0.1) is 0 Å². The summed E-state index contributed by atoms with van der Waals surface area (Å²) in [4.78, 5) is 15.8. The van der Waals surface area contributed by atoms with Gasteiger partial charge in [0.2, 0.25) is 17.8 Å². The molecule has 0 radical (unpaired) electrons. The largest absolute Gasteiger partial charge is 0.341 e. The van der Waals surface area contributed by atoms with Gasteiger partial charge in [0, 0.05) is 23.8 Å². The minimum absolute atomic E-state index is 0.397. The van der Waals surface area contributed by atoms with Gasteiger partial charge < -0.3 is 10.2 Å². The molecule has 0 unspecified atom stereocenters. The fourth-order valence-corrected chi connectivity index (χ4v) is 3.20. The maximum Gasteiger partial charge on any atom is 0.250 e. The summed E-state index contributed by atoms with van der Waals surface area (Å²) in [7, 11) is 0. The van der Waals surface area contributed by atoms with E-state index in [1.807, 2.05) is 61.5 Å². The Morgan fingerprint density at radius 1 is 0.931 bits per heavy atom. The van der Waals surface area contributed by atoms with E-state index in [9.17, 15) is 0 Å². The van der Waals surface area contributed by atoms with Gasteiger partial charge in [-0.15, -0.1) is 0 Å². The zero-order valence-electron chi connectivity index (χ0n) is 16.1. The molecule has 4 rings (SSSR count). The van der Waals surface area contributed by atoms with E-state index in [-0.39, 0.29) is 0 Å². The molecule has 148 valence electrons. The van der Waals surface area contributed by atoms with Gasteiger partial charge in [0.25, 0.3) is 0 Å². The molecule has 2 heterocycles. The topological polar surface area (TPSA) is 78.3 Å². The molecule has 1 aliphatic rings. The molecule has 1 fully saturated rings. The predicted molar refractivity (Wildman–Crippen MR) is 118 cm³/mol. The zero-order valence-corrected chi connectivity index (χ0v) is 16.9. The highest BCUT2D eigenvalue weighted by atomic mass is 35.5. The SMILES string of the molecule is C/C(=N\Nc1nc(Nc2ccccc2)nc(N2CCCC2)n1)c1ccc(Cl)cc1. The van der Waals surface area contributed by atoms with Crippen LogP contribution in [-0.2, 0) is 0 Å². The van der Waals surface area contributed by atoms with E-state index < -0.39 is 0 Å². The van der Waals surface area contributed by atoms with E-state index in [2.05, 4.69) is 35.7 Å². The van der Waals surface area contributed by atoms with Crippen molar-refractivity contribution in [2.45, 2.75) is 19.8 Å². The highest BCUT2D eigenvalue weighted by Gasteiger charge is 2.17. The first-order valence-electron chi connectivity index (χ1n) is 9.57. The van der Waals surface area contributed by atoms with Crippen molar-refractivity contribution in [1.82, 2.24) is 15.0 Å². The van der Waals surface area contributed by atoms with Crippen LogP contribution in [0.5, 0.6) is 0 Å². The third kappa shape index (κ3) is 5.00. The van der Waals surface area contributed by atoms with E-state index in [1.165, 1.54) is 0 Å². The molecular weight excluding hydrogens is 386 g/mol. The van der Waals surface area contributed by atoms with Gasteiger partial charge in [0.15, 0.2) is 0 Å².